The second-order valence-corrected chi connectivity index (χ2v) is 7.36. The van der Waals surface area contributed by atoms with Crippen LogP contribution in [-0.4, -0.2) is 68.5 Å². The molecule has 1 aromatic carbocycles. The van der Waals surface area contributed by atoms with Crippen LogP contribution in [0.25, 0.3) is 0 Å². The van der Waals surface area contributed by atoms with Crippen LogP contribution in [0, 0.1) is 5.92 Å². The molecule has 2 unspecified atom stereocenters. The maximum atomic E-state index is 11.2. The molecule has 0 aromatic heterocycles. The van der Waals surface area contributed by atoms with Crippen LogP contribution in [-0.2, 0) is 11.2 Å². The number of guanidine groups is 1. The minimum Gasteiger partial charge on any atom is -0.370 e. The summed E-state index contributed by atoms with van der Waals surface area (Å²) in [4.78, 5) is 20.2. The van der Waals surface area contributed by atoms with E-state index >= 15 is 0 Å². The number of nitrogens with zero attached hydrogens (tertiary/aromatic N) is 3. The van der Waals surface area contributed by atoms with Gasteiger partial charge in [0.2, 0.25) is 5.91 Å². The van der Waals surface area contributed by atoms with Crippen molar-refractivity contribution in [3.63, 3.8) is 0 Å². The fraction of sp³-hybridized carbons (Fsp3) is 0.600. The molecule has 0 bridgehead atoms. The average molecular weight is 360 g/mol. The molecule has 1 aliphatic rings. The number of rotatable bonds is 7. The van der Waals surface area contributed by atoms with Crippen LogP contribution >= 0.6 is 0 Å². The van der Waals surface area contributed by atoms with E-state index in [2.05, 4.69) is 58.5 Å². The lowest BCUT2D eigenvalue weighted by Gasteiger charge is -2.35. The van der Waals surface area contributed by atoms with E-state index in [1.165, 1.54) is 5.56 Å². The van der Waals surface area contributed by atoms with Gasteiger partial charge in [-0.3, -0.25) is 9.79 Å². The van der Waals surface area contributed by atoms with Crippen molar-refractivity contribution >= 4 is 11.9 Å². The number of primary amides is 1. The molecule has 2 atom stereocenters. The van der Waals surface area contributed by atoms with E-state index in [0.29, 0.717) is 18.4 Å². The van der Waals surface area contributed by atoms with Crippen LogP contribution in [0.1, 0.15) is 24.8 Å². The fourth-order valence-corrected chi connectivity index (χ4v) is 3.57. The lowest BCUT2D eigenvalue weighted by atomic mass is 9.95. The molecule has 0 saturated carbocycles. The smallest absolute Gasteiger partial charge is 0.217 e. The van der Waals surface area contributed by atoms with Gasteiger partial charge in [-0.25, -0.2) is 0 Å². The Labute approximate surface area is 157 Å². The largest absolute Gasteiger partial charge is 0.370 e. The third-order valence-corrected chi connectivity index (χ3v) is 5.06. The normalized spacial score (nSPS) is 19.5. The molecule has 2 rings (SSSR count). The highest BCUT2D eigenvalue weighted by Gasteiger charge is 2.24. The van der Waals surface area contributed by atoms with Gasteiger partial charge in [0, 0.05) is 39.1 Å². The summed E-state index contributed by atoms with van der Waals surface area (Å²) in [5.74, 6) is 1.03. The number of hydrogen-bond donors (Lipinski definition) is 2. The van der Waals surface area contributed by atoms with Gasteiger partial charge in [-0.1, -0.05) is 30.3 Å². The molecule has 1 fully saturated rings. The van der Waals surface area contributed by atoms with Crippen LogP contribution in [0.3, 0.4) is 0 Å². The van der Waals surface area contributed by atoms with Crippen LogP contribution in [0.2, 0.25) is 0 Å². The zero-order valence-electron chi connectivity index (χ0n) is 16.3. The summed E-state index contributed by atoms with van der Waals surface area (Å²) < 4.78 is 0. The zero-order valence-corrected chi connectivity index (χ0v) is 16.3. The van der Waals surface area contributed by atoms with E-state index in [4.69, 9.17) is 5.73 Å². The second kappa shape index (κ2) is 10.2. The Morgan fingerprint density at radius 2 is 2.12 bits per heavy atom. The first kappa shape index (κ1) is 20.2. The third-order valence-electron chi connectivity index (χ3n) is 5.06. The van der Waals surface area contributed by atoms with Crippen molar-refractivity contribution in [2.75, 3.05) is 40.8 Å². The van der Waals surface area contributed by atoms with Gasteiger partial charge in [-0.15, -0.1) is 0 Å². The summed E-state index contributed by atoms with van der Waals surface area (Å²) in [6.45, 7) is 2.64. The number of likely N-dealkylation sites (N-methyl/N-ethyl adjacent to an activating group) is 1. The van der Waals surface area contributed by atoms with Gasteiger partial charge in [0.1, 0.15) is 0 Å². The first-order chi connectivity index (χ1) is 12.5. The Kier molecular flexibility index (Phi) is 7.91. The number of nitrogens with two attached hydrogens (primary N) is 1. The van der Waals surface area contributed by atoms with E-state index < -0.39 is 0 Å². The van der Waals surface area contributed by atoms with Crippen molar-refractivity contribution in [3.05, 3.63) is 35.9 Å². The van der Waals surface area contributed by atoms with Crippen molar-refractivity contribution in [1.29, 1.82) is 0 Å². The van der Waals surface area contributed by atoms with Crippen molar-refractivity contribution in [2.24, 2.45) is 16.6 Å². The SMILES string of the molecule is CN=C(NCC(Cc1ccccc1)N(C)C)N1CCCC(CC(N)=O)C1. The minimum absolute atomic E-state index is 0.213. The lowest BCUT2D eigenvalue weighted by molar-refractivity contribution is -0.119. The molecular formula is C20H33N5O. The van der Waals surface area contributed by atoms with Crippen molar-refractivity contribution in [1.82, 2.24) is 15.1 Å². The number of carbonyl (C=O) groups is 1. The number of benzene rings is 1. The minimum atomic E-state index is -0.213. The lowest BCUT2D eigenvalue weighted by Crippen LogP contribution is -2.50. The Bertz CT molecular complexity index is 587. The van der Waals surface area contributed by atoms with Gasteiger partial charge in [0.15, 0.2) is 5.96 Å². The number of aliphatic imine (C=N–C) groups is 1. The van der Waals surface area contributed by atoms with E-state index in [0.717, 1.165) is 44.9 Å². The predicted octanol–water partition coefficient (Wildman–Crippen LogP) is 1.32. The second-order valence-electron chi connectivity index (χ2n) is 7.36. The molecule has 1 amide bonds. The quantitative estimate of drug-likeness (QED) is 0.569. The van der Waals surface area contributed by atoms with E-state index in [1.54, 1.807) is 0 Å². The van der Waals surface area contributed by atoms with E-state index in [-0.39, 0.29) is 5.91 Å². The van der Waals surface area contributed by atoms with E-state index in [9.17, 15) is 4.79 Å². The standard InChI is InChI=1S/C20H33N5O/c1-22-20(25-11-7-10-17(15-25)13-19(21)26)23-14-18(24(2)3)12-16-8-5-4-6-9-16/h4-6,8-9,17-18H,7,10-15H2,1-3H3,(H2,21,26)(H,22,23). The summed E-state index contributed by atoms with van der Waals surface area (Å²) in [7, 11) is 6.05. The van der Waals surface area contributed by atoms with Crippen LogP contribution in [0.5, 0.6) is 0 Å². The summed E-state index contributed by atoms with van der Waals surface area (Å²) in [6.07, 6.45) is 3.58. The van der Waals surface area contributed by atoms with Gasteiger partial charge in [0.05, 0.1) is 0 Å². The Morgan fingerprint density at radius 3 is 2.73 bits per heavy atom. The third kappa shape index (κ3) is 6.33. The topological polar surface area (TPSA) is 74.0 Å². The number of carbonyl (C=O) groups excluding carboxylic acids is 1. The van der Waals surface area contributed by atoms with Gasteiger partial charge in [-0.2, -0.15) is 0 Å². The number of piperidine rings is 1. The summed E-state index contributed by atoms with van der Waals surface area (Å²) in [5.41, 5.74) is 6.71. The molecule has 1 saturated heterocycles. The molecule has 0 spiro atoms. The number of hydrogen-bond acceptors (Lipinski definition) is 3. The summed E-state index contributed by atoms with van der Waals surface area (Å²) in [6, 6.07) is 10.9. The van der Waals surface area contributed by atoms with Gasteiger partial charge < -0.3 is 20.9 Å². The molecule has 26 heavy (non-hydrogen) atoms. The molecule has 0 radical (unpaired) electrons. The Morgan fingerprint density at radius 1 is 1.38 bits per heavy atom. The molecule has 1 heterocycles. The molecular weight excluding hydrogens is 326 g/mol. The monoisotopic (exact) mass is 359 g/mol. The molecule has 1 aliphatic heterocycles. The first-order valence-corrected chi connectivity index (χ1v) is 9.43. The maximum absolute atomic E-state index is 11.2. The fourth-order valence-electron chi connectivity index (χ4n) is 3.57. The molecule has 0 aliphatic carbocycles. The van der Waals surface area contributed by atoms with Crippen LogP contribution in [0.4, 0.5) is 0 Å². The highest BCUT2D eigenvalue weighted by Crippen LogP contribution is 2.19. The van der Waals surface area contributed by atoms with Crippen molar-refractivity contribution in [2.45, 2.75) is 31.7 Å². The summed E-state index contributed by atoms with van der Waals surface area (Å²) in [5, 5.41) is 3.53. The molecule has 6 nitrogen and oxygen atoms in total. The van der Waals surface area contributed by atoms with E-state index in [1.807, 2.05) is 13.1 Å². The van der Waals surface area contributed by atoms with Gasteiger partial charge >= 0.3 is 0 Å². The summed E-state index contributed by atoms with van der Waals surface area (Å²) >= 11 is 0. The highest BCUT2D eigenvalue weighted by atomic mass is 16.1. The number of amides is 1. The molecule has 144 valence electrons. The van der Waals surface area contributed by atoms with Crippen LogP contribution in [0.15, 0.2) is 35.3 Å². The zero-order chi connectivity index (χ0) is 18.9. The average Bonchev–Trinajstić information content (AvgIpc) is 2.61. The first-order valence-electron chi connectivity index (χ1n) is 9.43. The van der Waals surface area contributed by atoms with Crippen molar-refractivity contribution in [3.8, 4) is 0 Å². The highest BCUT2D eigenvalue weighted by molar-refractivity contribution is 5.80. The van der Waals surface area contributed by atoms with Crippen LogP contribution < -0.4 is 11.1 Å². The van der Waals surface area contributed by atoms with Gasteiger partial charge in [-0.05, 0) is 44.8 Å². The molecule has 6 heteroatoms. The Balaban J connectivity index is 1.92. The molecule has 3 N–H and O–H groups in total. The van der Waals surface area contributed by atoms with Gasteiger partial charge in [0.25, 0.3) is 0 Å². The van der Waals surface area contributed by atoms with Crippen molar-refractivity contribution < 1.29 is 4.79 Å². The predicted molar refractivity (Wildman–Crippen MR) is 107 cm³/mol. The number of likely N-dealkylation sites (tertiary alicyclic amines) is 1. The Hall–Kier alpha value is -2.08. The number of nitrogens with one attached hydrogen (secondary N) is 1. The molecule has 1 aromatic rings. The maximum Gasteiger partial charge on any atom is 0.217 e.